The van der Waals surface area contributed by atoms with Gasteiger partial charge in [-0.25, -0.2) is 19.2 Å². The molecule has 46 heavy (non-hydrogen) atoms. The van der Waals surface area contributed by atoms with Gasteiger partial charge >= 0.3 is 24.1 Å². The maximum absolute atomic E-state index is 13.5. The Bertz CT molecular complexity index is 943. The number of carbonyl (C=O) groups excluding carboxylic acids is 5. The van der Waals surface area contributed by atoms with Crippen LogP contribution in [0.3, 0.4) is 0 Å². The lowest BCUT2D eigenvalue weighted by Gasteiger charge is -2.31. The van der Waals surface area contributed by atoms with Crippen LogP contribution in [-0.4, -0.2) is 118 Å². The SMILES string of the molecule is C=CC(=O)OCC(C)(COC(=O)C=C)CC(=O)N(CCOC(=O)NCCC[Si](C)(C)OC)CCOC(=O)NCCC[Si](C)(C)OC. The van der Waals surface area contributed by atoms with Gasteiger partial charge in [0.25, 0.3) is 0 Å². The van der Waals surface area contributed by atoms with Crippen molar-refractivity contribution < 1.29 is 51.8 Å². The fraction of sp³-hybridized carbons (Fsp3) is 0.700. The average molecular weight is 690 g/mol. The minimum atomic E-state index is -1.74. The third-order valence-corrected chi connectivity index (χ3v) is 12.5. The van der Waals surface area contributed by atoms with Gasteiger partial charge in [-0.1, -0.05) is 20.1 Å². The van der Waals surface area contributed by atoms with E-state index in [9.17, 15) is 24.0 Å². The lowest BCUT2D eigenvalue weighted by molar-refractivity contribution is -0.152. The molecule has 0 aliphatic rings. The largest absolute Gasteiger partial charge is 0.462 e. The maximum atomic E-state index is 13.5. The summed E-state index contributed by atoms with van der Waals surface area (Å²) in [6.45, 7) is 16.8. The van der Waals surface area contributed by atoms with Crippen molar-refractivity contribution in [1.82, 2.24) is 15.5 Å². The van der Waals surface area contributed by atoms with E-state index >= 15 is 0 Å². The zero-order valence-electron chi connectivity index (χ0n) is 28.7. The number of carbonyl (C=O) groups is 5. The van der Waals surface area contributed by atoms with Crippen LogP contribution < -0.4 is 10.6 Å². The highest BCUT2D eigenvalue weighted by Gasteiger charge is 2.33. The second-order valence-corrected chi connectivity index (χ2v) is 21.1. The van der Waals surface area contributed by atoms with Crippen LogP contribution in [-0.2, 0) is 42.2 Å². The zero-order valence-corrected chi connectivity index (χ0v) is 30.7. The van der Waals surface area contributed by atoms with Crippen molar-refractivity contribution in [2.45, 2.75) is 64.5 Å². The molecule has 3 amide bonds. The molecule has 0 saturated heterocycles. The molecule has 0 fully saturated rings. The fourth-order valence-electron chi connectivity index (χ4n) is 3.80. The van der Waals surface area contributed by atoms with E-state index in [4.69, 9.17) is 27.8 Å². The van der Waals surface area contributed by atoms with E-state index in [1.807, 2.05) is 0 Å². The summed E-state index contributed by atoms with van der Waals surface area (Å²) in [6, 6.07) is 1.74. The highest BCUT2D eigenvalue weighted by atomic mass is 28.4. The molecule has 264 valence electrons. The normalized spacial score (nSPS) is 11.5. The van der Waals surface area contributed by atoms with Crippen LogP contribution in [0.25, 0.3) is 0 Å². The highest BCUT2D eigenvalue weighted by molar-refractivity contribution is 6.71. The van der Waals surface area contributed by atoms with Gasteiger partial charge in [-0.2, -0.15) is 0 Å². The minimum Gasteiger partial charge on any atom is -0.462 e. The summed E-state index contributed by atoms with van der Waals surface area (Å²) < 4.78 is 31.9. The predicted molar refractivity (Wildman–Crippen MR) is 178 cm³/mol. The molecule has 0 aliphatic heterocycles. The number of hydrogen-bond acceptors (Lipinski definition) is 11. The molecule has 0 unspecified atom stereocenters. The van der Waals surface area contributed by atoms with Crippen molar-refractivity contribution >= 4 is 46.7 Å². The Kier molecular flexibility index (Phi) is 20.8. The number of hydrogen-bond donors (Lipinski definition) is 2. The number of ether oxygens (including phenoxy) is 4. The maximum Gasteiger partial charge on any atom is 0.407 e. The molecule has 14 nitrogen and oxygen atoms in total. The molecule has 0 aromatic carbocycles. The van der Waals surface area contributed by atoms with Crippen LogP contribution in [0, 0.1) is 5.41 Å². The Morgan fingerprint density at radius 1 is 0.717 bits per heavy atom. The third kappa shape index (κ3) is 20.7. The van der Waals surface area contributed by atoms with Gasteiger partial charge in [-0.15, -0.1) is 0 Å². The van der Waals surface area contributed by atoms with Gasteiger partial charge in [-0.3, -0.25) is 4.79 Å². The van der Waals surface area contributed by atoms with Crippen LogP contribution in [0.2, 0.25) is 38.3 Å². The molecule has 2 N–H and O–H groups in total. The summed E-state index contributed by atoms with van der Waals surface area (Å²) in [6.07, 6.45) is 1.98. The Labute approximate surface area is 275 Å². The van der Waals surface area contributed by atoms with Crippen molar-refractivity contribution in [2.75, 3.05) is 66.8 Å². The number of alkyl carbamates (subject to hydrolysis) is 2. The van der Waals surface area contributed by atoms with Gasteiger partial charge < -0.3 is 43.3 Å². The van der Waals surface area contributed by atoms with Crippen LogP contribution >= 0.6 is 0 Å². The van der Waals surface area contributed by atoms with Gasteiger partial charge in [0.1, 0.15) is 26.4 Å². The molecule has 0 spiro atoms. The average Bonchev–Trinajstić information content (AvgIpc) is 3.02. The van der Waals surface area contributed by atoms with Gasteiger partial charge in [0.05, 0.1) is 13.1 Å². The van der Waals surface area contributed by atoms with Crippen molar-refractivity contribution in [3.63, 3.8) is 0 Å². The minimum absolute atomic E-state index is 0.00739. The van der Waals surface area contributed by atoms with E-state index in [0.717, 1.165) is 37.1 Å². The van der Waals surface area contributed by atoms with Crippen molar-refractivity contribution in [2.24, 2.45) is 5.41 Å². The lowest BCUT2D eigenvalue weighted by Crippen LogP contribution is -2.43. The highest BCUT2D eigenvalue weighted by Crippen LogP contribution is 2.24. The topological polar surface area (TPSA) is 168 Å². The molecule has 0 saturated carbocycles. The number of rotatable bonds is 24. The van der Waals surface area contributed by atoms with E-state index in [2.05, 4.69) is 50.0 Å². The van der Waals surface area contributed by atoms with Crippen LogP contribution in [0.15, 0.2) is 25.3 Å². The second kappa shape index (κ2) is 22.3. The first-order valence-corrected chi connectivity index (χ1v) is 21.5. The van der Waals surface area contributed by atoms with Gasteiger partial charge in [0, 0.05) is 51.3 Å². The van der Waals surface area contributed by atoms with Gasteiger partial charge in [-0.05, 0) is 51.1 Å². The van der Waals surface area contributed by atoms with Crippen molar-refractivity contribution in [3.8, 4) is 0 Å². The van der Waals surface area contributed by atoms with E-state index in [-0.39, 0.29) is 45.9 Å². The van der Waals surface area contributed by atoms with Gasteiger partial charge in [0.2, 0.25) is 5.91 Å². The summed E-state index contributed by atoms with van der Waals surface area (Å²) in [7, 11) is -0.0942. The number of nitrogens with one attached hydrogen (secondary N) is 2. The van der Waals surface area contributed by atoms with E-state index < -0.39 is 52.1 Å². The standard InChI is InChI=1S/C30H55N3O11Si2/c1-10-26(35)43-23-30(3,24-44-27(36)11-2)22-25(34)33(16-18-41-28(37)31-14-12-20-45(6,7)39-4)17-19-42-29(38)32-15-13-21-46(8,9)40-5/h10-11H,1-2,12-24H2,3-9H3,(H,31,37)(H,32,38). The number of esters is 2. The van der Waals surface area contributed by atoms with Crippen LogP contribution in [0.1, 0.15) is 26.2 Å². The lowest BCUT2D eigenvalue weighted by atomic mass is 9.88. The molecule has 0 atom stereocenters. The smallest absolute Gasteiger partial charge is 0.407 e. The molecule has 16 heteroatoms. The Balaban J connectivity index is 5.30. The molecule has 0 rings (SSSR count). The Morgan fingerprint density at radius 2 is 1.11 bits per heavy atom. The molecule has 0 aromatic rings. The van der Waals surface area contributed by atoms with Crippen LogP contribution in [0.4, 0.5) is 9.59 Å². The molecule has 0 aliphatic carbocycles. The summed E-state index contributed by atoms with van der Waals surface area (Å²) in [5, 5.41) is 5.38. The van der Waals surface area contributed by atoms with Gasteiger partial charge in [0.15, 0.2) is 16.6 Å². The Hall–Kier alpha value is -3.22. The van der Waals surface area contributed by atoms with Crippen molar-refractivity contribution in [1.29, 1.82) is 0 Å². The van der Waals surface area contributed by atoms with E-state index in [1.54, 1.807) is 21.1 Å². The molecule has 0 bridgehead atoms. The number of nitrogens with zero attached hydrogens (tertiary/aromatic N) is 1. The Morgan fingerprint density at radius 3 is 1.46 bits per heavy atom. The van der Waals surface area contributed by atoms with Crippen LogP contribution in [0.5, 0.6) is 0 Å². The molecular weight excluding hydrogens is 635 g/mol. The third-order valence-electron chi connectivity index (χ3n) is 7.13. The summed E-state index contributed by atoms with van der Waals surface area (Å²) in [4.78, 5) is 62.8. The monoisotopic (exact) mass is 689 g/mol. The first-order valence-electron chi connectivity index (χ1n) is 15.3. The predicted octanol–water partition coefficient (Wildman–Crippen LogP) is 3.61. The quantitative estimate of drug-likeness (QED) is 0.0500. The summed E-state index contributed by atoms with van der Waals surface area (Å²) in [5.74, 6) is -1.84. The molecule has 0 heterocycles. The zero-order chi connectivity index (χ0) is 35.2. The summed E-state index contributed by atoms with van der Waals surface area (Å²) >= 11 is 0. The number of amides is 3. The van der Waals surface area contributed by atoms with E-state index in [1.165, 1.54) is 4.90 Å². The van der Waals surface area contributed by atoms with E-state index in [0.29, 0.717) is 13.1 Å². The summed E-state index contributed by atoms with van der Waals surface area (Å²) in [5.41, 5.74) is -1.11. The molecular formula is C30H55N3O11Si2. The second-order valence-electron chi connectivity index (χ2n) is 12.3. The first-order chi connectivity index (χ1) is 21.5. The molecule has 0 radical (unpaired) electrons. The fourth-order valence-corrected chi connectivity index (χ4v) is 6.27. The van der Waals surface area contributed by atoms with Crippen molar-refractivity contribution in [3.05, 3.63) is 25.3 Å². The molecule has 0 aromatic heterocycles. The first kappa shape index (κ1) is 42.8.